The van der Waals surface area contributed by atoms with E-state index in [9.17, 15) is 0 Å². The number of nitrogens with zero attached hydrogens (tertiary/aromatic N) is 2. The number of para-hydroxylation sites is 1. The van der Waals surface area contributed by atoms with Crippen molar-refractivity contribution in [2.75, 3.05) is 6.54 Å². The van der Waals surface area contributed by atoms with E-state index >= 15 is 0 Å². The highest BCUT2D eigenvalue weighted by Gasteiger charge is 2.38. The summed E-state index contributed by atoms with van der Waals surface area (Å²) in [4.78, 5) is 4.49. The van der Waals surface area contributed by atoms with Gasteiger partial charge in [-0.05, 0) is 37.9 Å². The molecule has 0 amide bonds. The zero-order valence-corrected chi connectivity index (χ0v) is 11.6. The van der Waals surface area contributed by atoms with Crippen LogP contribution < -0.4 is 10.1 Å². The van der Waals surface area contributed by atoms with E-state index in [-0.39, 0.29) is 5.54 Å². The predicted octanol–water partition coefficient (Wildman–Crippen LogP) is 2.64. The molecule has 5 nitrogen and oxygen atoms in total. The zero-order valence-electron chi connectivity index (χ0n) is 11.6. The Kier molecular flexibility index (Phi) is 3.69. The molecule has 1 aromatic heterocycles. The molecule has 1 unspecified atom stereocenters. The van der Waals surface area contributed by atoms with Crippen LogP contribution in [0.15, 0.2) is 34.9 Å². The van der Waals surface area contributed by atoms with Crippen LogP contribution in [0.1, 0.15) is 37.9 Å². The van der Waals surface area contributed by atoms with Gasteiger partial charge in [0.2, 0.25) is 11.7 Å². The van der Waals surface area contributed by atoms with Crippen molar-refractivity contribution in [1.82, 2.24) is 15.5 Å². The molecular formula is C15H19N3O2. The Labute approximate surface area is 118 Å². The van der Waals surface area contributed by atoms with E-state index in [2.05, 4.69) is 22.4 Å². The molecule has 1 saturated heterocycles. The minimum absolute atomic E-state index is 0.141. The molecule has 0 bridgehead atoms. The lowest BCUT2D eigenvalue weighted by molar-refractivity contribution is 0.245. The van der Waals surface area contributed by atoms with Crippen LogP contribution in [0.2, 0.25) is 0 Å². The number of hydrogen-bond donors (Lipinski definition) is 1. The van der Waals surface area contributed by atoms with Crippen LogP contribution in [0.25, 0.3) is 0 Å². The first-order valence-electron chi connectivity index (χ1n) is 7.08. The minimum Gasteiger partial charge on any atom is -0.485 e. The number of hydrogen-bond acceptors (Lipinski definition) is 5. The van der Waals surface area contributed by atoms with Gasteiger partial charge in [-0.3, -0.25) is 0 Å². The average molecular weight is 273 g/mol. The molecule has 1 aliphatic heterocycles. The van der Waals surface area contributed by atoms with Crippen LogP contribution >= 0.6 is 0 Å². The van der Waals surface area contributed by atoms with Crippen molar-refractivity contribution in [3.05, 3.63) is 42.0 Å². The van der Waals surface area contributed by atoms with Crippen LogP contribution in [0.5, 0.6) is 5.75 Å². The maximum absolute atomic E-state index is 5.63. The van der Waals surface area contributed by atoms with E-state index < -0.39 is 0 Å². The second-order valence-electron chi connectivity index (χ2n) is 5.08. The van der Waals surface area contributed by atoms with Crippen LogP contribution in [0.3, 0.4) is 0 Å². The Morgan fingerprint density at radius 2 is 2.20 bits per heavy atom. The molecular weight excluding hydrogens is 254 g/mol. The summed E-state index contributed by atoms with van der Waals surface area (Å²) in [6.45, 7) is 3.47. The smallest absolute Gasteiger partial charge is 0.247 e. The van der Waals surface area contributed by atoms with E-state index in [0.717, 1.165) is 31.6 Å². The lowest BCUT2D eigenvalue weighted by Crippen LogP contribution is -2.36. The van der Waals surface area contributed by atoms with Gasteiger partial charge in [0.1, 0.15) is 5.75 Å². The molecule has 0 aliphatic carbocycles. The third-order valence-electron chi connectivity index (χ3n) is 3.84. The monoisotopic (exact) mass is 273 g/mol. The molecule has 1 fully saturated rings. The van der Waals surface area contributed by atoms with Gasteiger partial charge in [-0.25, -0.2) is 0 Å². The minimum atomic E-state index is -0.141. The third-order valence-corrected chi connectivity index (χ3v) is 3.84. The van der Waals surface area contributed by atoms with Gasteiger partial charge in [-0.2, -0.15) is 4.98 Å². The van der Waals surface area contributed by atoms with Crippen molar-refractivity contribution in [3.63, 3.8) is 0 Å². The second-order valence-corrected chi connectivity index (χ2v) is 5.08. The molecule has 0 spiro atoms. The van der Waals surface area contributed by atoms with Crippen LogP contribution in [-0.4, -0.2) is 16.7 Å². The maximum atomic E-state index is 5.63. The average Bonchev–Trinajstić information content (AvgIpc) is 3.16. The SMILES string of the molecule is CCC1(c2nc(COc3ccccc3)no2)CCCN1. The molecule has 0 radical (unpaired) electrons. The van der Waals surface area contributed by atoms with Crippen LogP contribution in [-0.2, 0) is 12.1 Å². The van der Waals surface area contributed by atoms with Gasteiger partial charge in [-0.1, -0.05) is 30.3 Å². The van der Waals surface area contributed by atoms with Gasteiger partial charge in [0.25, 0.3) is 0 Å². The molecule has 20 heavy (non-hydrogen) atoms. The van der Waals surface area contributed by atoms with Crippen molar-refractivity contribution >= 4 is 0 Å². The van der Waals surface area contributed by atoms with E-state index in [1.807, 2.05) is 30.3 Å². The van der Waals surface area contributed by atoms with E-state index in [1.54, 1.807) is 0 Å². The van der Waals surface area contributed by atoms with Crippen LogP contribution in [0, 0.1) is 0 Å². The normalized spacial score (nSPS) is 22.1. The number of benzene rings is 1. The molecule has 2 heterocycles. The highest BCUT2D eigenvalue weighted by Crippen LogP contribution is 2.32. The zero-order chi connectivity index (χ0) is 13.8. The standard InChI is InChI=1S/C15H19N3O2/c1-2-15(9-6-10-16-15)14-17-13(18-20-14)11-19-12-7-4-3-5-8-12/h3-5,7-8,16H,2,6,9-11H2,1H3. The molecule has 2 aromatic rings. The first kappa shape index (κ1) is 13.1. The van der Waals surface area contributed by atoms with E-state index in [4.69, 9.17) is 9.26 Å². The lowest BCUT2D eigenvalue weighted by Gasteiger charge is -2.22. The number of aromatic nitrogens is 2. The quantitative estimate of drug-likeness (QED) is 0.907. The first-order chi connectivity index (χ1) is 9.82. The van der Waals surface area contributed by atoms with Gasteiger partial charge in [0.05, 0.1) is 5.54 Å². The summed E-state index contributed by atoms with van der Waals surface area (Å²) in [5, 5.41) is 7.50. The van der Waals surface area contributed by atoms with E-state index in [1.165, 1.54) is 0 Å². The summed E-state index contributed by atoms with van der Waals surface area (Å²) in [6, 6.07) is 9.65. The second kappa shape index (κ2) is 5.63. The molecule has 0 saturated carbocycles. The Bertz CT molecular complexity index is 547. The molecule has 106 valence electrons. The fourth-order valence-corrected chi connectivity index (χ4v) is 2.61. The topological polar surface area (TPSA) is 60.2 Å². The van der Waals surface area contributed by atoms with Gasteiger partial charge >= 0.3 is 0 Å². The lowest BCUT2D eigenvalue weighted by atomic mass is 9.94. The molecule has 1 atom stereocenters. The third kappa shape index (κ3) is 2.54. The van der Waals surface area contributed by atoms with Crippen molar-refractivity contribution in [2.24, 2.45) is 0 Å². The Hall–Kier alpha value is -1.88. The number of rotatable bonds is 5. The van der Waals surface area contributed by atoms with Gasteiger partial charge < -0.3 is 14.6 Å². The van der Waals surface area contributed by atoms with Crippen molar-refractivity contribution in [3.8, 4) is 5.75 Å². The molecule has 1 aromatic carbocycles. The van der Waals surface area contributed by atoms with Gasteiger partial charge in [0, 0.05) is 0 Å². The fraction of sp³-hybridized carbons (Fsp3) is 0.467. The van der Waals surface area contributed by atoms with Crippen LogP contribution in [0.4, 0.5) is 0 Å². The van der Waals surface area contributed by atoms with Gasteiger partial charge in [0.15, 0.2) is 6.61 Å². The Morgan fingerprint density at radius 3 is 2.90 bits per heavy atom. The first-order valence-corrected chi connectivity index (χ1v) is 7.08. The molecule has 1 aliphatic rings. The number of ether oxygens (including phenoxy) is 1. The molecule has 3 rings (SSSR count). The van der Waals surface area contributed by atoms with Crippen molar-refractivity contribution in [1.29, 1.82) is 0 Å². The summed E-state index contributed by atoms with van der Waals surface area (Å²) >= 11 is 0. The predicted molar refractivity (Wildman–Crippen MR) is 74.3 cm³/mol. The summed E-state index contributed by atoms with van der Waals surface area (Å²) in [5.74, 6) is 2.08. The summed E-state index contributed by atoms with van der Waals surface area (Å²) in [5.41, 5.74) is -0.141. The molecule has 1 N–H and O–H groups in total. The molecule has 5 heteroatoms. The summed E-state index contributed by atoms with van der Waals surface area (Å²) in [7, 11) is 0. The van der Waals surface area contributed by atoms with Crippen molar-refractivity contribution < 1.29 is 9.26 Å². The maximum Gasteiger partial charge on any atom is 0.247 e. The highest BCUT2D eigenvalue weighted by molar-refractivity contribution is 5.21. The fourth-order valence-electron chi connectivity index (χ4n) is 2.61. The Morgan fingerprint density at radius 1 is 1.35 bits per heavy atom. The summed E-state index contributed by atoms with van der Waals surface area (Å²) < 4.78 is 11.1. The van der Waals surface area contributed by atoms with E-state index in [0.29, 0.717) is 18.3 Å². The highest BCUT2D eigenvalue weighted by atomic mass is 16.5. The number of nitrogens with one attached hydrogen (secondary N) is 1. The largest absolute Gasteiger partial charge is 0.485 e. The summed E-state index contributed by atoms with van der Waals surface area (Å²) in [6.07, 6.45) is 3.14. The van der Waals surface area contributed by atoms with Crippen molar-refractivity contribution in [2.45, 2.75) is 38.3 Å². The van der Waals surface area contributed by atoms with Gasteiger partial charge in [-0.15, -0.1) is 0 Å². The Balaban J connectivity index is 1.68.